The number of nitro benzene ring substituents is 1. The lowest BCUT2D eigenvalue weighted by molar-refractivity contribution is -0.384. The maximum absolute atomic E-state index is 12.6. The van der Waals surface area contributed by atoms with Crippen LogP contribution in [0.3, 0.4) is 0 Å². The summed E-state index contributed by atoms with van der Waals surface area (Å²) in [4.78, 5) is 32.2. The molecule has 0 aliphatic heterocycles. The summed E-state index contributed by atoms with van der Waals surface area (Å²) in [5.41, 5.74) is 2.13. The van der Waals surface area contributed by atoms with E-state index < -0.39 is 10.9 Å². The second-order valence-electron chi connectivity index (χ2n) is 5.78. The molecule has 0 amide bonds. The number of carbonyl (C=O) groups is 1. The Hall–Kier alpha value is -2.91. The summed E-state index contributed by atoms with van der Waals surface area (Å²) in [7, 11) is 0. The largest absolute Gasteiger partial charge is 0.419 e. The molecule has 0 fully saturated rings. The molecule has 0 saturated carbocycles. The molecule has 0 atom stereocenters. The molecule has 1 aromatic heterocycles. The number of non-ortho nitro benzene ring substituents is 1. The number of rotatable bonds is 3. The van der Waals surface area contributed by atoms with Crippen LogP contribution in [0, 0.1) is 10.1 Å². The quantitative estimate of drug-likeness (QED) is 0.122. The minimum Gasteiger partial charge on any atom is -0.419 e. The van der Waals surface area contributed by atoms with Gasteiger partial charge in [-0.2, -0.15) is 0 Å². The fourth-order valence-corrected chi connectivity index (χ4v) is 3.99. The Morgan fingerprint density at radius 2 is 1.61 bits per heavy atom. The third-order valence-electron chi connectivity index (χ3n) is 3.97. The number of carbonyl (C=O) groups excluding carboxylic acids is 1. The van der Waals surface area contributed by atoms with Gasteiger partial charge in [0.2, 0.25) is 0 Å². The molecule has 0 saturated heterocycles. The van der Waals surface area contributed by atoms with E-state index in [2.05, 4.69) is 41.8 Å². The molecular formula is C19H9Br2N3O4. The van der Waals surface area contributed by atoms with Gasteiger partial charge in [0.1, 0.15) is 11.0 Å². The molecule has 7 nitrogen and oxygen atoms in total. The fraction of sp³-hybridized carbons (Fsp3) is 0. The van der Waals surface area contributed by atoms with E-state index in [-0.39, 0.29) is 17.0 Å². The maximum atomic E-state index is 12.6. The number of para-hydroxylation sites is 2. The fourth-order valence-electron chi connectivity index (χ4n) is 2.68. The van der Waals surface area contributed by atoms with Gasteiger partial charge in [-0.25, -0.2) is 14.8 Å². The molecule has 4 rings (SSSR count). The highest BCUT2D eigenvalue weighted by atomic mass is 79.9. The predicted octanol–water partition coefficient (Wildman–Crippen LogP) is 5.44. The van der Waals surface area contributed by atoms with Crippen LogP contribution >= 0.6 is 31.9 Å². The Morgan fingerprint density at radius 1 is 0.929 bits per heavy atom. The minimum absolute atomic E-state index is 0.0610. The molecule has 0 aliphatic rings. The van der Waals surface area contributed by atoms with Gasteiger partial charge in [-0.15, -0.1) is 0 Å². The van der Waals surface area contributed by atoms with Crippen LogP contribution in [0.5, 0.6) is 5.75 Å². The van der Waals surface area contributed by atoms with Crippen LogP contribution in [-0.2, 0) is 0 Å². The zero-order valence-electron chi connectivity index (χ0n) is 13.9. The number of nitro groups is 1. The smallest absolute Gasteiger partial charge is 0.343 e. The van der Waals surface area contributed by atoms with Crippen molar-refractivity contribution < 1.29 is 14.5 Å². The molecule has 0 unspecified atom stereocenters. The number of hydrogen-bond donors (Lipinski definition) is 0. The first kappa shape index (κ1) is 18.5. The van der Waals surface area contributed by atoms with E-state index in [1.807, 2.05) is 24.3 Å². The lowest BCUT2D eigenvalue weighted by atomic mass is 10.2. The number of ether oxygens (including phenoxy) is 1. The van der Waals surface area contributed by atoms with Crippen LogP contribution < -0.4 is 4.74 Å². The van der Waals surface area contributed by atoms with Gasteiger partial charge in [-0.05, 0) is 56.1 Å². The predicted molar refractivity (Wildman–Crippen MR) is 110 cm³/mol. The van der Waals surface area contributed by atoms with Crippen molar-refractivity contribution in [2.45, 2.75) is 0 Å². The molecule has 1 heterocycles. The molecule has 0 radical (unpaired) electrons. The van der Waals surface area contributed by atoms with Gasteiger partial charge in [0.25, 0.3) is 5.69 Å². The van der Waals surface area contributed by atoms with E-state index in [1.165, 1.54) is 24.3 Å². The lowest BCUT2D eigenvalue weighted by Gasteiger charge is -2.11. The van der Waals surface area contributed by atoms with Gasteiger partial charge in [-0.1, -0.05) is 18.2 Å². The van der Waals surface area contributed by atoms with Crippen molar-refractivity contribution in [1.82, 2.24) is 9.97 Å². The molecule has 4 aromatic rings. The van der Waals surface area contributed by atoms with E-state index in [9.17, 15) is 14.9 Å². The number of esters is 1. The van der Waals surface area contributed by atoms with E-state index in [0.717, 1.165) is 0 Å². The SMILES string of the molecule is O=C(Oc1c(Br)cc(Br)c2nc3ccccc3nc12)c1cccc([N+](=O)[O-])c1. The summed E-state index contributed by atoms with van der Waals surface area (Å²) in [6.07, 6.45) is 0. The molecule has 28 heavy (non-hydrogen) atoms. The van der Waals surface area contributed by atoms with Gasteiger partial charge >= 0.3 is 5.97 Å². The normalized spacial score (nSPS) is 10.9. The molecule has 3 aromatic carbocycles. The van der Waals surface area contributed by atoms with Crippen LogP contribution in [0.4, 0.5) is 5.69 Å². The lowest BCUT2D eigenvalue weighted by Crippen LogP contribution is -2.10. The summed E-state index contributed by atoms with van der Waals surface area (Å²) in [6, 6.07) is 14.4. The number of nitrogens with zero attached hydrogens (tertiary/aromatic N) is 3. The molecule has 0 aliphatic carbocycles. The van der Waals surface area contributed by atoms with E-state index in [1.54, 1.807) is 6.07 Å². The Morgan fingerprint density at radius 3 is 2.29 bits per heavy atom. The summed E-state index contributed by atoms with van der Waals surface area (Å²) in [5, 5.41) is 10.9. The Labute approximate surface area is 174 Å². The second kappa shape index (κ2) is 7.25. The summed E-state index contributed by atoms with van der Waals surface area (Å²) in [5.74, 6) is -0.545. The second-order valence-corrected chi connectivity index (χ2v) is 7.48. The first-order chi connectivity index (χ1) is 13.4. The summed E-state index contributed by atoms with van der Waals surface area (Å²) in [6.45, 7) is 0. The van der Waals surface area contributed by atoms with Crippen LogP contribution in [0.15, 0.2) is 63.5 Å². The van der Waals surface area contributed by atoms with Crippen molar-refractivity contribution in [3.8, 4) is 5.75 Å². The van der Waals surface area contributed by atoms with Crippen LogP contribution in [-0.4, -0.2) is 20.9 Å². The van der Waals surface area contributed by atoms with Crippen molar-refractivity contribution in [2.75, 3.05) is 0 Å². The standard InChI is InChI=1S/C19H9Br2N3O4/c20-12-9-13(21)18(17-16(12)22-14-6-1-2-7-15(14)23-17)28-19(25)10-4-3-5-11(8-10)24(26)27/h1-9H. The number of fused-ring (bicyclic) bond motifs is 2. The maximum Gasteiger partial charge on any atom is 0.343 e. The van der Waals surface area contributed by atoms with Gasteiger partial charge < -0.3 is 4.74 Å². The van der Waals surface area contributed by atoms with Crippen LogP contribution in [0.25, 0.3) is 22.1 Å². The summed E-state index contributed by atoms with van der Waals surface area (Å²) < 4.78 is 6.73. The van der Waals surface area contributed by atoms with Crippen molar-refractivity contribution in [1.29, 1.82) is 0 Å². The van der Waals surface area contributed by atoms with E-state index in [0.29, 0.717) is 31.0 Å². The van der Waals surface area contributed by atoms with Crippen molar-refractivity contribution in [3.05, 3.63) is 79.2 Å². The average Bonchev–Trinajstić information content (AvgIpc) is 2.70. The van der Waals surface area contributed by atoms with Crippen LogP contribution in [0.2, 0.25) is 0 Å². The zero-order chi connectivity index (χ0) is 19.8. The number of aromatic nitrogens is 2. The first-order valence-electron chi connectivity index (χ1n) is 7.95. The highest BCUT2D eigenvalue weighted by Crippen LogP contribution is 2.38. The Bertz CT molecular complexity index is 1280. The highest BCUT2D eigenvalue weighted by Gasteiger charge is 2.20. The number of hydrogen-bond acceptors (Lipinski definition) is 6. The number of halogens is 2. The summed E-state index contributed by atoms with van der Waals surface area (Å²) >= 11 is 6.84. The molecule has 0 N–H and O–H groups in total. The molecular weight excluding hydrogens is 494 g/mol. The topological polar surface area (TPSA) is 95.2 Å². The monoisotopic (exact) mass is 501 g/mol. The van der Waals surface area contributed by atoms with Crippen LogP contribution in [0.1, 0.15) is 10.4 Å². The third kappa shape index (κ3) is 3.34. The Balaban J connectivity index is 1.84. The molecule has 0 bridgehead atoms. The van der Waals surface area contributed by atoms with Crippen molar-refractivity contribution in [2.24, 2.45) is 0 Å². The first-order valence-corrected chi connectivity index (χ1v) is 9.54. The molecule has 138 valence electrons. The van der Waals surface area contributed by atoms with Gasteiger partial charge in [-0.3, -0.25) is 10.1 Å². The Kier molecular flexibility index (Phi) is 4.78. The van der Waals surface area contributed by atoms with E-state index in [4.69, 9.17) is 4.74 Å². The van der Waals surface area contributed by atoms with Gasteiger partial charge in [0, 0.05) is 16.6 Å². The van der Waals surface area contributed by atoms with E-state index >= 15 is 0 Å². The van der Waals surface area contributed by atoms with Crippen molar-refractivity contribution in [3.63, 3.8) is 0 Å². The van der Waals surface area contributed by atoms with Crippen molar-refractivity contribution >= 4 is 65.6 Å². The van der Waals surface area contributed by atoms with Gasteiger partial charge in [0.05, 0.1) is 26.0 Å². The van der Waals surface area contributed by atoms with Gasteiger partial charge in [0.15, 0.2) is 5.75 Å². The minimum atomic E-state index is -0.733. The highest BCUT2D eigenvalue weighted by molar-refractivity contribution is 9.11. The molecule has 9 heteroatoms. The number of benzene rings is 3. The zero-order valence-corrected chi connectivity index (χ0v) is 17.1. The molecule has 0 spiro atoms. The average molecular weight is 503 g/mol. The third-order valence-corrected chi connectivity index (χ3v) is 5.16.